The molecule has 0 atom stereocenters. The molecule has 0 heterocycles. The third-order valence-corrected chi connectivity index (χ3v) is 7.19. The molecule has 0 rings (SSSR count). The number of amides is 1. The van der Waals surface area contributed by atoms with Crippen LogP contribution in [-0.2, 0) is 4.79 Å². The number of carbonyl (C=O) groups is 1. The lowest BCUT2D eigenvalue weighted by Crippen LogP contribution is -2.32. The minimum absolute atomic E-state index is 0.230. The Morgan fingerprint density at radius 3 is 1.28 bits per heavy atom. The largest absolute Gasteiger partial charge is 0.344 e. The topological polar surface area (TPSA) is 32.3 Å². The quantitative estimate of drug-likeness (QED) is 0.116. The number of allylic oxidation sites excluding steroid dienone is 12. The third kappa shape index (κ3) is 23.5. The molecule has 0 aliphatic heterocycles. The van der Waals surface area contributed by atoms with E-state index in [1.807, 2.05) is 19.0 Å². The number of unbranched alkanes of at least 4 members (excludes halogenated alkanes) is 1. The molecule has 0 aromatic heterocycles. The zero-order valence-electron chi connectivity index (χ0n) is 27.2. The molecule has 0 unspecified atom stereocenters. The van der Waals surface area contributed by atoms with Gasteiger partial charge in [-0.05, 0) is 126 Å². The van der Waals surface area contributed by atoms with Crippen molar-refractivity contribution in [2.45, 2.75) is 126 Å². The van der Waals surface area contributed by atoms with E-state index in [4.69, 9.17) is 0 Å². The van der Waals surface area contributed by atoms with Crippen LogP contribution in [0.1, 0.15) is 126 Å². The van der Waals surface area contributed by atoms with Gasteiger partial charge in [-0.15, -0.1) is 0 Å². The molecule has 0 aliphatic carbocycles. The van der Waals surface area contributed by atoms with Gasteiger partial charge < -0.3 is 10.2 Å². The molecule has 0 aromatic carbocycles. The first-order valence-electron chi connectivity index (χ1n) is 15.3. The highest BCUT2D eigenvalue weighted by atomic mass is 16.2. The van der Waals surface area contributed by atoms with Crippen LogP contribution >= 0.6 is 0 Å². The maximum atomic E-state index is 12.2. The Balaban J connectivity index is 4.16. The molecule has 1 amide bonds. The maximum Gasteiger partial charge on any atom is 0.222 e. The van der Waals surface area contributed by atoms with Crippen LogP contribution in [-0.4, -0.2) is 38.0 Å². The van der Waals surface area contributed by atoms with E-state index in [9.17, 15) is 4.79 Å². The lowest BCUT2D eigenvalue weighted by atomic mass is 10.0. The summed E-state index contributed by atoms with van der Waals surface area (Å²) in [4.78, 5) is 14.0. The van der Waals surface area contributed by atoms with Gasteiger partial charge in [0, 0.05) is 26.6 Å². The summed E-state index contributed by atoms with van der Waals surface area (Å²) in [7, 11) is 3.80. The molecule has 39 heavy (non-hydrogen) atoms. The number of nitrogens with one attached hydrogen (secondary N) is 1. The van der Waals surface area contributed by atoms with Crippen molar-refractivity contribution in [2.24, 2.45) is 0 Å². The Bertz CT molecular complexity index is 862. The molecule has 0 aromatic rings. The molecule has 3 nitrogen and oxygen atoms in total. The molecule has 0 spiro atoms. The van der Waals surface area contributed by atoms with Gasteiger partial charge in [-0.2, -0.15) is 0 Å². The highest BCUT2D eigenvalue weighted by Gasteiger charge is 2.07. The second kappa shape index (κ2) is 23.7. The Hall–Kier alpha value is -2.13. The van der Waals surface area contributed by atoms with Crippen LogP contribution in [0.4, 0.5) is 0 Å². The van der Waals surface area contributed by atoms with Gasteiger partial charge >= 0.3 is 0 Å². The van der Waals surface area contributed by atoms with E-state index in [0.717, 1.165) is 70.9 Å². The molecular weight excluding hydrogens is 476 g/mol. The Labute approximate surface area is 243 Å². The van der Waals surface area contributed by atoms with Gasteiger partial charge in [0.25, 0.3) is 0 Å². The third-order valence-electron chi connectivity index (χ3n) is 7.19. The van der Waals surface area contributed by atoms with Gasteiger partial charge in [-0.1, -0.05) is 69.9 Å². The van der Waals surface area contributed by atoms with Crippen molar-refractivity contribution in [1.82, 2.24) is 10.2 Å². The molecular formula is C36H62N2O. The summed E-state index contributed by atoms with van der Waals surface area (Å²) in [5.41, 5.74) is 8.74. The van der Waals surface area contributed by atoms with Gasteiger partial charge in [0.15, 0.2) is 0 Å². The minimum Gasteiger partial charge on any atom is -0.344 e. The number of rotatable bonds is 21. The summed E-state index contributed by atoms with van der Waals surface area (Å²) in [6.45, 7) is 17.2. The van der Waals surface area contributed by atoms with E-state index in [2.05, 4.69) is 90.2 Å². The number of carbonyl (C=O) groups excluding carboxylic acids is 1. The SMILES string of the molecule is CNCCN(C)C(=O)CC/C(C)=C/CC/C(C)=C/CC/C(C)=C/CC/C=C(\C)CC/C=C(\C)CCC=C(C)C. The molecule has 3 heteroatoms. The Kier molecular flexibility index (Phi) is 22.4. The van der Waals surface area contributed by atoms with Gasteiger partial charge in [-0.3, -0.25) is 4.79 Å². The Morgan fingerprint density at radius 2 is 0.897 bits per heavy atom. The predicted molar refractivity (Wildman–Crippen MR) is 175 cm³/mol. The van der Waals surface area contributed by atoms with Gasteiger partial charge in [0.2, 0.25) is 5.91 Å². The smallest absolute Gasteiger partial charge is 0.222 e. The van der Waals surface area contributed by atoms with Crippen molar-refractivity contribution in [1.29, 1.82) is 0 Å². The number of likely N-dealkylation sites (N-methyl/N-ethyl adjacent to an activating group) is 2. The first-order chi connectivity index (χ1) is 18.5. The number of nitrogens with zero attached hydrogens (tertiary/aromatic N) is 1. The first kappa shape index (κ1) is 36.9. The van der Waals surface area contributed by atoms with Crippen LogP contribution < -0.4 is 5.32 Å². The van der Waals surface area contributed by atoms with Crippen molar-refractivity contribution in [2.75, 3.05) is 27.2 Å². The van der Waals surface area contributed by atoms with Crippen LogP contribution in [0.15, 0.2) is 69.9 Å². The fourth-order valence-corrected chi connectivity index (χ4v) is 4.30. The van der Waals surface area contributed by atoms with Crippen molar-refractivity contribution in [3.63, 3.8) is 0 Å². The highest BCUT2D eigenvalue weighted by molar-refractivity contribution is 5.76. The molecule has 0 bridgehead atoms. The number of hydrogen-bond donors (Lipinski definition) is 1. The highest BCUT2D eigenvalue weighted by Crippen LogP contribution is 2.15. The van der Waals surface area contributed by atoms with Gasteiger partial charge in [-0.25, -0.2) is 0 Å². The van der Waals surface area contributed by atoms with Crippen molar-refractivity contribution in [3.05, 3.63) is 69.9 Å². The summed E-state index contributed by atoms with van der Waals surface area (Å²) in [5, 5.41) is 3.09. The van der Waals surface area contributed by atoms with E-state index >= 15 is 0 Å². The van der Waals surface area contributed by atoms with Gasteiger partial charge in [0.05, 0.1) is 0 Å². The average molecular weight is 539 g/mol. The summed E-state index contributed by atoms with van der Waals surface area (Å²) in [5.74, 6) is 0.230. The molecule has 222 valence electrons. The van der Waals surface area contributed by atoms with Crippen LogP contribution in [0, 0.1) is 0 Å². The lowest BCUT2D eigenvalue weighted by Gasteiger charge is -2.16. The fraction of sp³-hybridized carbons (Fsp3) is 0.639. The van der Waals surface area contributed by atoms with E-state index < -0.39 is 0 Å². The summed E-state index contributed by atoms with van der Waals surface area (Å²) >= 11 is 0. The van der Waals surface area contributed by atoms with E-state index in [1.165, 1.54) is 46.3 Å². The van der Waals surface area contributed by atoms with Crippen LogP contribution in [0.25, 0.3) is 0 Å². The zero-order valence-corrected chi connectivity index (χ0v) is 27.2. The molecule has 0 radical (unpaired) electrons. The zero-order chi connectivity index (χ0) is 29.5. The number of hydrogen-bond acceptors (Lipinski definition) is 2. The average Bonchev–Trinajstić information content (AvgIpc) is 2.88. The fourth-order valence-electron chi connectivity index (χ4n) is 4.30. The minimum atomic E-state index is 0.230. The second-order valence-electron chi connectivity index (χ2n) is 11.7. The van der Waals surface area contributed by atoms with Crippen molar-refractivity contribution >= 4 is 5.91 Å². The molecule has 0 saturated carbocycles. The summed E-state index contributed by atoms with van der Waals surface area (Å²) < 4.78 is 0. The molecule has 0 aliphatic rings. The second-order valence-corrected chi connectivity index (χ2v) is 11.7. The van der Waals surface area contributed by atoms with Crippen LogP contribution in [0.3, 0.4) is 0 Å². The molecule has 0 saturated heterocycles. The normalized spacial score (nSPS) is 13.6. The first-order valence-corrected chi connectivity index (χ1v) is 15.3. The van der Waals surface area contributed by atoms with Gasteiger partial charge in [0.1, 0.15) is 0 Å². The van der Waals surface area contributed by atoms with E-state index in [-0.39, 0.29) is 5.91 Å². The monoisotopic (exact) mass is 538 g/mol. The maximum absolute atomic E-state index is 12.2. The lowest BCUT2D eigenvalue weighted by molar-refractivity contribution is -0.129. The van der Waals surface area contributed by atoms with Crippen LogP contribution in [0.5, 0.6) is 0 Å². The van der Waals surface area contributed by atoms with Crippen molar-refractivity contribution < 1.29 is 4.79 Å². The predicted octanol–water partition coefficient (Wildman–Crippen LogP) is 10.0. The van der Waals surface area contributed by atoms with Crippen molar-refractivity contribution in [3.8, 4) is 0 Å². The standard InChI is InChI=1S/C36H62N2O/c1-30(2)16-12-19-33(5)22-13-20-31(3)17-10-11-18-32(4)21-14-23-34(6)24-15-25-35(7)26-27-36(39)38(9)29-28-37-8/h16-18,22-23,25,37H,10-15,19-21,24,26-29H2,1-9H3/b31-17+,32-18+,33-22+,34-23+,35-25+. The van der Waals surface area contributed by atoms with Crippen LogP contribution in [0.2, 0.25) is 0 Å². The van der Waals surface area contributed by atoms with E-state index in [1.54, 1.807) is 0 Å². The Morgan fingerprint density at radius 1 is 0.538 bits per heavy atom. The summed E-state index contributed by atoms with van der Waals surface area (Å²) in [6, 6.07) is 0. The summed E-state index contributed by atoms with van der Waals surface area (Å²) in [6.07, 6.45) is 27.2. The van der Waals surface area contributed by atoms with E-state index in [0.29, 0.717) is 6.42 Å². The molecule has 1 N–H and O–H groups in total. The molecule has 0 fully saturated rings.